The zero-order chi connectivity index (χ0) is 13.7. The largest absolute Gasteiger partial charge is 0.478 e. The second kappa shape index (κ2) is 6.02. The van der Waals surface area contributed by atoms with E-state index in [1.54, 1.807) is 23.6 Å². The number of hydrogen-bond donors (Lipinski definition) is 1. The summed E-state index contributed by atoms with van der Waals surface area (Å²) in [6.45, 7) is 7.74. The third kappa shape index (κ3) is 3.67. The van der Waals surface area contributed by atoms with Gasteiger partial charge in [-0.25, -0.2) is 4.98 Å². The fraction of sp³-hybridized carbons (Fsp3) is 0.429. The van der Waals surface area contributed by atoms with Gasteiger partial charge in [-0.15, -0.1) is 11.3 Å². The summed E-state index contributed by atoms with van der Waals surface area (Å²) in [4.78, 5) is 9.86. The summed E-state index contributed by atoms with van der Waals surface area (Å²) < 4.78 is 5.36. The van der Waals surface area contributed by atoms with Crippen LogP contribution in [0.4, 0.5) is 5.95 Å². The number of nitrogens with one attached hydrogen (secondary N) is 1. The lowest BCUT2D eigenvalue weighted by molar-refractivity contribution is 0.326. The maximum atomic E-state index is 5.36. The van der Waals surface area contributed by atoms with Gasteiger partial charge in [-0.1, -0.05) is 19.9 Å². The number of thiophene rings is 1. The molecule has 0 unspecified atom stereocenters. The molecule has 0 saturated carbocycles. The van der Waals surface area contributed by atoms with Gasteiger partial charge in [0, 0.05) is 29.1 Å². The molecule has 5 heteroatoms. The van der Waals surface area contributed by atoms with Gasteiger partial charge in [0.1, 0.15) is 0 Å². The van der Waals surface area contributed by atoms with Gasteiger partial charge in [0.05, 0.1) is 6.61 Å². The van der Waals surface area contributed by atoms with Crippen LogP contribution >= 0.6 is 11.3 Å². The van der Waals surface area contributed by atoms with Crippen molar-refractivity contribution in [2.24, 2.45) is 0 Å². The molecule has 0 amide bonds. The van der Waals surface area contributed by atoms with Crippen molar-refractivity contribution in [2.75, 3.05) is 18.5 Å². The molecule has 0 saturated heterocycles. The minimum atomic E-state index is 0.0547. The van der Waals surface area contributed by atoms with Gasteiger partial charge >= 0.3 is 0 Å². The molecule has 1 N–H and O–H groups in total. The van der Waals surface area contributed by atoms with Gasteiger partial charge < -0.3 is 10.1 Å². The Balaban J connectivity index is 2.00. The molecule has 2 aromatic heterocycles. The molecule has 0 fully saturated rings. The molecule has 0 aromatic carbocycles. The van der Waals surface area contributed by atoms with Crippen molar-refractivity contribution in [2.45, 2.75) is 26.2 Å². The predicted octanol–water partition coefficient (Wildman–Crippen LogP) is 3.33. The first-order valence-electron chi connectivity index (χ1n) is 6.35. The molecule has 19 heavy (non-hydrogen) atoms. The van der Waals surface area contributed by atoms with Crippen molar-refractivity contribution in [3.05, 3.63) is 34.7 Å². The van der Waals surface area contributed by atoms with Crippen LogP contribution in [0.2, 0.25) is 0 Å². The Morgan fingerprint density at radius 3 is 2.89 bits per heavy atom. The van der Waals surface area contributed by atoms with E-state index in [2.05, 4.69) is 46.6 Å². The van der Waals surface area contributed by atoms with Gasteiger partial charge in [0.25, 0.3) is 0 Å². The number of hydrogen-bond acceptors (Lipinski definition) is 5. The second-order valence-electron chi connectivity index (χ2n) is 4.87. The molecule has 2 rings (SSSR count). The van der Waals surface area contributed by atoms with Crippen molar-refractivity contribution in [1.29, 1.82) is 0 Å². The molecule has 0 bridgehead atoms. The van der Waals surface area contributed by atoms with Gasteiger partial charge in [0.15, 0.2) is 0 Å². The van der Waals surface area contributed by atoms with Crippen molar-refractivity contribution in [3.63, 3.8) is 0 Å². The third-order valence-corrected chi connectivity index (χ3v) is 4.03. The lowest BCUT2D eigenvalue weighted by Gasteiger charge is -2.23. The van der Waals surface area contributed by atoms with E-state index < -0.39 is 0 Å². The quantitative estimate of drug-likeness (QED) is 0.880. The number of anilines is 1. The lowest BCUT2D eigenvalue weighted by atomic mass is 9.91. The summed E-state index contributed by atoms with van der Waals surface area (Å²) in [7, 11) is 0. The minimum Gasteiger partial charge on any atom is -0.478 e. The molecule has 0 aliphatic rings. The van der Waals surface area contributed by atoms with Gasteiger partial charge in [0.2, 0.25) is 11.8 Å². The molecule has 2 aromatic rings. The average molecular weight is 277 g/mol. The topological polar surface area (TPSA) is 47.0 Å². The Morgan fingerprint density at radius 1 is 1.37 bits per heavy atom. The van der Waals surface area contributed by atoms with Crippen LogP contribution in [0.3, 0.4) is 0 Å². The summed E-state index contributed by atoms with van der Waals surface area (Å²) in [5, 5.41) is 5.38. The van der Waals surface area contributed by atoms with Crippen molar-refractivity contribution in [1.82, 2.24) is 9.97 Å². The first-order chi connectivity index (χ1) is 9.12. The average Bonchev–Trinajstić information content (AvgIpc) is 2.92. The van der Waals surface area contributed by atoms with E-state index in [1.807, 2.05) is 6.92 Å². The van der Waals surface area contributed by atoms with Crippen LogP contribution in [0.1, 0.15) is 25.6 Å². The Kier molecular flexibility index (Phi) is 4.37. The van der Waals surface area contributed by atoms with Crippen molar-refractivity contribution < 1.29 is 4.74 Å². The van der Waals surface area contributed by atoms with Crippen LogP contribution < -0.4 is 10.1 Å². The third-order valence-electron chi connectivity index (χ3n) is 2.80. The van der Waals surface area contributed by atoms with Gasteiger partial charge in [-0.2, -0.15) is 4.98 Å². The Morgan fingerprint density at radius 2 is 2.21 bits per heavy atom. The molecular formula is C14H19N3OS. The van der Waals surface area contributed by atoms with E-state index in [9.17, 15) is 0 Å². The highest BCUT2D eigenvalue weighted by molar-refractivity contribution is 7.10. The first-order valence-corrected chi connectivity index (χ1v) is 7.23. The SMILES string of the molecule is CCOc1ccnc(NCC(C)(C)c2cccs2)n1. The van der Waals surface area contributed by atoms with E-state index in [0.717, 1.165) is 6.54 Å². The summed E-state index contributed by atoms with van der Waals surface area (Å²) in [5.41, 5.74) is 0.0547. The monoisotopic (exact) mass is 277 g/mol. The van der Waals surface area contributed by atoms with Crippen LogP contribution in [-0.2, 0) is 5.41 Å². The second-order valence-corrected chi connectivity index (χ2v) is 5.81. The fourth-order valence-corrected chi connectivity index (χ4v) is 2.56. The molecular weight excluding hydrogens is 258 g/mol. The maximum absolute atomic E-state index is 5.36. The van der Waals surface area contributed by atoms with E-state index in [4.69, 9.17) is 4.74 Å². The highest BCUT2D eigenvalue weighted by Gasteiger charge is 2.21. The first kappa shape index (κ1) is 13.8. The molecule has 0 aliphatic carbocycles. The molecule has 0 aliphatic heterocycles. The standard InChI is InChI=1S/C14H19N3OS/c1-4-18-12-7-8-15-13(17-12)16-10-14(2,3)11-6-5-9-19-11/h5-9H,4,10H2,1-3H3,(H,15,16,17). The summed E-state index contributed by atoms with van der Waals surface area (Å²) in [6.07, 6.45) is 1.71. The molecule has 0 radical (unpaired) electrons. The minimum absolute atomic E-state index is 0.0547. The van der Waals surface area contributed by atoms with Gasteiger partial charge in [-0.3, -0.25) is 0 Å². The van der Waals surface area contributed by atoms with Crippen LogP contribution in [0.25, 0.3) is 0 Å². The van der Waals surface area contributed by atoms with E-state index in [-0.39, 0.29) is 5.41 Å². The number of rotatable bonds is 6. The number of aromatic nitrogens is 2. The molecule has 102 valence electrons. The zero-order valence-corrected chi connectivity index (χ0v) is 12.3. The Hall–Kier alpha value is -1.62. The molecule has 4 nitrogen and oxygen atoms in total. The lowest BCUT2D eigenvalue weighted by Crippen LogP contribution is -2.27. The zero-order valence-electron chi connectivity index (χ0n) is 11.5. The van der Waals surface area contributed by atoms with Crippen LogP contribution in [0.5, 0.6) is 5.88 Å². The maximum Gasteiger partial charge on any atom is 0.225 e. The predicted molar refractivity (Wildman–Crippen MR) is 79.0 cm³/mol. The number of ether oxygens (including phenoxy) is 1. The van der Waals surface area contributed by atoms with E-state index >= 15 is 0 Å². The van der Waals surface area contributed by atoms with E-state index in [1.165, 1.54) is 4.88 Å². The highest BCUT2D eigenvalue weighted by Crippen LogP contribution is 2.27. The Labute approximate surface area is 117 Å². The van der Waals surface area contributed by atoms with Crippen LogP contribution in [-0.4, -0.2) is 23.1 Å². The van der Waals surface area contributed by atoms with Gasteiger partial charge in [-0.05, 0) is 18.4 Å². The van der Waals surface area contributed by atoms with Crippen molar-refractivity contribution in [3.8, 4) is 5.88 Å². The Bertz CT molecular complexity index is 511. The number of nitrogens with zero attached hydrogens (tertiary/aromatic N) is 2. The summed E-state index contributed by atoms with van der Waals surface area (Å²) in [6, 6.07) is 6.00. The summed E-state index contributed by atoms with van der Waals surface area (Å²) in [5.74, 6) is 1.21. The molecule has 0 atom stereocenters. The van der Waals surface area contributed by atoms with Crippen molar-refractivity contribution >= 4 is 17.3 Å². The van der Waals surface area contributed by atoms with Crippen LogP contribution in [0.15, 0.2) is 29.8 Å². The summed E-state index contributed by atoms with van der Waals surface area (Å²) >= 11 is 1.77. The normalized spacial score (nSPS) is 11.3. The van der Waals surface area contributed by atoms with E-state index in [0.29, 0.717) is 18.4 Å². The van der Waals surface area contributed by atoms with Crippen LogP contribution in [0, 0.1) is 0 Å². The highest BCUT2D eigenvalue weighted by atomic mass is 32.1. The smallest absolute Gasteiger partial charge is 0.225 e. The molecule has 0 spiro atoms. The molecule has 2 heterocycles. The fourth-order valence-electron chi connectivity index (χ4n) is 1.71.